The lowest BCUT2D eigenvalue weighted by atomic mass is 9.88. The van der Waals surface area contributed by atoms with Crippen LogP contribution in [0.3, 0.4) is 0 Å². The van der Waals surface area contributed by atoms with Crippen LogP contribution in [0.15, 0.2) is 18.2 Å². The van der Waals surface area contributed by atoms with Crippen LogP contribution < -0.4 is 14.8 Å². The van der Waals surface area contributed by atoms with Gasteiger partial charge in [-0.3, -0.25) is 0 Å². The SMILES string of the molecule is CCOc1ccc2c(c1)OC1(CCNC1)CC2OCC. The number of ether oxygens (including phenoxy) is 3. The first-order valence-corrected chi connectivity index (χ1v) is 7.54. The number of hydrogen-bond donors (Lipinski definition) is 1. The Bertz CT molecular complexity index is 469. The third-order valence-electron chi connectivity index (χ3n) is 4.10. The quantitative estimate of drug-likeness (QED) is 0.918. The molecular weight excluding hydrogens is 254 g/mol. The molecule has 0 aliphatic carbocycles. The molecule has 2 unspecified atom stereocenters. The van der Waals surface area contributed by atoms with E-state index in [-0.39, 0.29) is 11.7 Å². The van der Waals surface area contributed by atoms with E-state index in [1.807, 2.05) is 26.0 Å². The molecule has 2 heterocycles. The molecule has 0 saturated carbocycles. The number of nitrogens with one attached hydrogen (secondary N) is 1. The van der Waals surface area contributed by atoms with Crippen molar-refractivity contribution in [2.24, 2.45) is 0 Å². The van der Waals surface area contributed by atoms with Gasteiger partial charge < -0.3 is 19.5 Å². The second-order valence-electron chi connectivity index (χ2n) is 5.49. The van der Waals surface area contributed by atoms with Gasteiger partial charge in [0.1, 0.15) is 17.1 Å². The maximum Gasteiger partial charge on any atom is 0.129 e. The molecular formula is C16H23NO3. The molecule has 110 valence electrons. The van der Waals surface area contributed by atoms with Crippen molar-refractivity contribution in [3.8, 4) is 11.5 Å². The molecule has 1 fully saturated rings. The van der Waals surface area contributed by atoms with E-state index in [0.717, 1.165) is 49.6 Å². The zero-order chi connectivity index (χ0) is 14.0. The van der Waals surface area contributed by atoms with Crippen LogP contribution in [0.5, 0.6) is 11.5 Å². The first kappa shape index (κ1) is 13.7. The Hall–Kier alpha value is -1.26. The second-order valence-corrected chi connectivity index (χ2v) is 5.49. The molecule has 2 aliphatic heterocycles. The molecule has 4 heteroatoms. The highest BCUT2D eigenvalue weighted by Crippen LogP contribution is 2.45. The topological polar surface area (TPSA) is 39.7 Å². The lowest BCUT2D eigenvalue weighted by Crippen LogP contribution is -2.43. The van der Waals surface area contributed by atoms with E-state index >= 15 is 0 Å². The monoisotopic (exact) mass is 277 g/mol. The normalized spacial score (nSPS) is 28.2. The molecule has 2 atom stereocenters. The van der Waals surface area contributed by atoms with Gasteiger partial charge in [-0.05, 0) is 32.5 Å². The first-order chi connectivity index (χ1) is 9.76. The highest BCUT2D eigenvalue weighted by atomic mass is 16.5. The van der Waals surface area contributed by atoms with E-state index in [4.69, 9.17) is 14.2 Å². The lowest BCUT2D eigenvalue weighted by Gasteiger charge is -2.39. The fraction of sp³-hybridized carbons (Fsp3) is 0.625. The van der Waals surface area contributed by atoms with Crippen LogP contribution in [-0.4, -0.2) is 31.9 Å². The van der Waals surface area contributed by atoms with Gasteiger partial charge in [0.15, 0.2) is 0 Å². The molecule has 1 N–H and O–H groups in total. The molecule has 1 saturated heterocycles. The molecule has 0 aromatic heterocycles. The van der Waals surface area contributed by atoms with Crippen molar-refractivity contribution in [1.82, 2.24) is 5.32 Å². The van der Waals surface area contributed by atoms with Gasteiger partial charge in [-0.15, -0.1) is 0 Å². The largest absolute Gasteiger partial charge is 0.494 e. The van der Waals surface area contributed by atoms with E-state index < -0.39 is 0 Å². The summed E-state index contributed by atoms with van der Waals surface area (Å²) in [6.45, 7) is 7.34. The highest BCUT2D eigenvalue weighted by Gasteiger charge is 2.43. The summed E-state index contributed by atoms with van der Waals surface area (Å²) >= 11 is 0. The third kappa shape index (κ3) is 2.50. The van der Waals surface area contributed by atoms with Gasteiger partial charge in [-0.1, -0.05) is 0 Å². The number of benzene rings is 1. The molecule has 20 heavy (non-hydrogen) atoms. The van der Waals surface area contributed by atoms with Crippen LogP contribution in [0.25, 0.3) is 0 Å². The fourth-order valence-corrected chi connectivity index (χ4v) is 3.18. The summed E-state index contributed by atoms with van der Waals surface area (Å²) in [5.74, 6) is 1.79. The summed E-state index contributed by atoms with van der Waals surface area (Å²) in [4.78, 5) is 0. The maximum absolute atomic E-state index is 6.32. The molecule has 1 aromatic rings. The number of fused-ring (bicyclic) bond motifs is 1. The van der Waals surface area contributed by atoms with Crippen molar-refractivity contribution in [2.75, 3.05) is 26.3 Å². The molecule has 3 rings (SSSR count). The Balaban J connectivity index is 1.93. The minimum atomic E-state index is -0.113. The van der Waals surface area contributed by atoms with Gasteiger partial charge in [-0.25, -0.2) is 0 Å². The van der Waals surface area contributed by atoms with E-state index in [1.54, 1.807) is 0 Å². The molecule has 4 nitrogen and oxygen atoms in total. The zero-order valence-electron chi connectivity index (χ0n) is 12.3. The van der Waals surface area contributed by atoms with Gasteiger partial charge in [0, 0.05) is 37.6 Å². The Kier molecular flexibility index (Phi) is 3.85. The van der Waals surface area contributed by atoms with E-state index in [2.05, 4.69) is 11.4 Å². The van der Waals surface area contributed by atoms with Crippen LogP contribution in [0.2, 0.25) is 0 Å². The van der Waals surface area contributed by atoms with Crippen molar-refractivity contribution >= 4 is 0 Å². The van der Waals surface area contributed by atoms with Gasteiger partial charge in [0.05, 0.1) is 12.7 Å². The molecule has 2 aliphatic rings. The van der Waals surface area contributed by atoms with Gasteiger partial charge in [0.25, 0.3) is 0 Å². The molecule has 1 aromatic carbocycles. The van der Waals surface area contributed by atoms with Gasteiger partial charge in [0.2, 0.25) is 0 Å². The minimum Gasteiger partial charge on any atom is -0.494 e. The summed E-state index contributed by atoms with van der Waals surface area (Å²) in [7, 11) is 0. The highest BCUT2D eigenvalue weighted by molar-refractivity contribution is 5.44. The fourth-order valence-electron chi connectivity index (χ4n) is 3.18. The van der Waals surface area contributed by atoms with E-state index in [9.17, 15) is 0 Å². The third-order valence-corrected chi connectivity index (χ3v) is 4.10. The Labute approximate surface area is 120 Å². The van der Waals surface area contributed by atoms with Crippen LogP contribution in [0.1, 0.15) is 38.4 Å². The van der Waals surface area contributed by atoms with Crippen LogP contribution in [0, 0.1) is 0 Å². The van der Waals surface area contributed by atoms with Crippen molar-refractivity contribution in [3.05, 3.63) is 23.8 Å². The minimum absolute atomic E-state index is 0.113. The summed E-state index contributed by atoms with van der Waals surface area (Å²) in [5, 5.41) is 3.40. The predicted octanol–water partition coefficient (Wildman–Crippen LogP) is 2.68. The number of rotatable bonds is 4. The first-order valence-electron chi connectivity index (χ1n) is 7.54. The lowest BCUT2D eigenvalue weighted by molar-refractivity contribution is -0.0355. The molecule has 0 bridgehead atoms. The summed E-state index contributed by atoms with van der Waals surface area (Å²) in [5.41, 5.74) is 1.03. The number of hydrogen-bond acceptors (Lipinski definition) is 4. The van der Waals surface area contributed by atoms with Crippen molar-refractivity contribution in [2.45, 2.75) is 38.4 Å². The molecule has 0 amide bonds. The van der Waals surface area contributed by atoms with Gasteiger partial charge in [-0.2, -0.15) is 0 Å². The van der Waals surface area contributed by atoms with Crippen molar-refractivity contribution in [1.29, 1.82) is 0 Å². The second kappa shape index (κ2) is 5.62. The Morgan fingerprint density at radius 1 is 1.35 bits per heavy atom. The smallest absolute Gasteiger partial charge is 0.129 e. The Morgan fingerprint density at radius 3 is 2.95 bits per heavy atom. The van der Waals surface area contributed by atoms with E-state index in [1.165, 1.54) is 0 Å². The predicted molar refractivity (Wildman–Crippen MR) is 77.4 cm³/mol. The average molecular weight is 277 g/mol. The molecule has 1 spiro atoms. The van der Waals surface area contributed by atoms with Crippen LogP contribution in [0.4, 0.5) is 0 Å². The summed E-state index contributed by atoms with van der Waals surface area (Å²) < 4.78 is 17.9. The summed E-state index contributed by atoms with van der Waals surface area (Å²) in [6, 6.07) is 6.09. The zero-order valence-corrected chi connectivity index (χ0v) is 12.3. The summed E-state index contributed by atoms with van der Waals surface area (Å²) in [6.07, 6.45) is 2.09. The average Bonchev–Trinajstić information content (AvgIpc) is 2.87. The van der Waals surface area contributed by atoms with Gasteiger partial charge >= 0.3 is 0 Å². The standard InChI is InChI=1S/C16H23NO3/c1-3-18-12-5-6-13-14(9-12)20-16(7-8-17-11-16)10-15(13)19-4-2/h5-6,9,15,17H,3-4,7-8,10-11H2,1-2H3. The van der Waals surface area contributed by atoms with E-state index in [0.29, 0.717) is 6.61 Å². The molecule has 0 radical (unpaired) electrons. The van der Waals surface area contributed by atoms with Crippen LogP contribution in [-0.2, 0) is 4.74 Å². The Morgan fingerprint density at radius 2 is 2.25 bits per heavy atom. The van der Waals surface area contributed by atoms with Crippen LogP contribution >= 0.6 is 0 Å². The van der Waals surface area contributed by atoms with Crippen molar-refractivity contribution in [3.63, 3.8) is 0 Å². The van der Waals surface area contributed by atoms with Crippen molar-refractivity contribution < 1.29 is 14.2 Å². The maximum atomic E-state index is 6.32.